The number of hydrogen-bond donors (Lipinski definition) is 17. The average molecular weight is 1040 g/mol. The van der Waals surface area contributed by atoms with Gasteiger partial charge in [-0.1, -0.05) is 11.6 Å². The molecule has 0 aromatic heterocycles. The molecule has 0 spiro atoms. The van der Waals surface area contributed by atoms with Crippen molar-refractivity contribution in [3.05, 3.63) is 0 Å². The van der Waals surface area contributed by atoms with Crippen LogP contribution >= 0.6 is 11.6 Å². The van der Waals surface area contributed by atoms with Crippen LogP contribution in [0.5, 0.6) is 0 Å². The van der Waals surface area contributed by atoms with E-state index in [0.717, 1.165) is 0 Å². The van der Waals surface area contributed by atoms with Gasteiger partial charge in [-0.05, 0) is 6.92 Å². The fraction of sp³-hybridized carbons (Fsp3) is 1.00. The number of ether oxygens (including phenoxy) is 13. The van der Waals surface area contributed by atoms with Crippen molar-refractivity contribution < 1.29 is 148 Å². The number of rotatable bonds is 8. The molecule has 30 nitrogen and oxygen atoms in total. The molecule has 31 heteroatoms. The Kier molecular flexibility index (Phi) is 19.2. The molecule has 22 rings (SSSR count). The normalized spacial score (nSPS) is 54.0. The molecule has 0 saturated carbocycles. The van der Waals surface area contributed by atoms with Gasteiger partial charge in [0.05, 0.1) is 39.6 Å². The van der Waals surface area contributed by atoms with Crippen molar-refractivity contribution >= 4 is 11.6 Å². The predicted octanol–water partition coefficient (Wildman–Crippen LogP) is -11.4. The van der Waals surface area contributed by atoms with Crippen LogP contribution in [-0.2, 0) is 61.6 Å². The number of alkyl halides is 1. The van der Waals surface area contributed by atoms with Gasteiger partial charge in [-0.25, -0.2) is 0 Å². The first kappa shape index (κ1) is 55.8. The van der Waals surface area contributed by atoms with Crippen LogP contribution in [0.1, 0.15) is 6.92 Å². The van der Waals surface area contributed by atoms with E-state index in [2.05, 4.69) is 0 Å². The van der Waals surface area contributed by atoms with E-state index >= 15 is 0 Å². The van der Waals surface area contributed by atoms with E-state index in [-0.39, 0.29) is 0 Å². The van der Waals surface area contributed by atoms with E-state index in [9.17, 15) is 86.8 Å². The molecule has 0 aromatic rings. The topological polar surface area (TPSA) is 464 Å². The molecule has 1 unspecified atom stereocenters. The maximum atomic E-state index is 11.6. The summed E-state index contributed by atoms with van der Waals surface area (Å²) in [5.74, 6) is 0. The summed E-state index contributed by atoms with van der Waals surface area (Å²) in [5, 5.41) is 187. The van der Waals surface area contributed by atoms with Gasteiger partial charge in [0, 0.05) is 0 Å². The van der Waals surface area contributed by atoms with Gasteiger partial charge in [0.2, 0.25) is 0 Å². The largest absolute Gasteiger partial charge is 0.394 e. The van der Waals surface area contributed by atoms with E-state index in [4.69, 9.17) is 73.2 Å². The lowest BCUT2D eigenvalue weighted by Gasteiger charge is -2.51. The quantitative estimate of drug-likeness (QED) is 0.100. The smallest absolute Gasteiger partial charge is 0.187 e. The van der Waals surface area contributed by atoms with Crippen LogP contribution in [0.4, 0.5) is 0 Å². The summed E-state index contributed by atoms with van der Waals surface area (Å²) in [6, 6.07) is 0. The maximum absolute atomic E-state index is 11.6. The Bertz CT molecular complexity index is 1580. The summed E-state index contributed by atoms with van der Waals surface area (Å²) in [6.07, 6.45) is -57.6. The van der Waals surface area contributed by atoms with Crippen LogP contribution in [0.3, 0.4) is 0 Å². The Morgan fingerprint density at radius 1 is 0.304 bits per heavy atom. The zero-order valence-corrected chi connectivity index (χ0v) is 37.2. The first-order chi connectivity index (χ1) is 32.8. The van der Waals surface area contributed by atoms with Crippen LogP contribution in [-0.4, -0.2) is 316 Å². The van der Waals surface area contributed by atoms with Crippen LogP contribution in [0.15, 0.2) is 0 Å². The second-order valence-corrected chi connectivity index (χ2v) is 18.1. The fourth-order valence-electron chi connectivity index (χ4n) is 9.28. The standard InChI is InChI=1S/C38H63ClO30/c1-8(39)57-32-25(56)38-63-14(7-45)31(32)69-37-24(55)19(50)29(12(5-43)62-37)67-35-22(53)17(48)27(10(3-41)60-35)65-33-20(51)15(46)26(9(2-40)58-33)64-34-21(52)16(47)28(11(4-42)59-34)66-36-23(54)18(49)30(68-38)13(6-44)61-36/h8-38,40-56H,2-7H2,1H3/t8?,9-,10-,11-,12-,13-,14-,15-,16-,17-,18-,19-,20-,21-,22-,23-,24-,25-,26-,27-,28-,29-,30-,31+,32-,33-,34-,35-,36-,37-,38-/m1/s1. The summed E-state index contributed by atoms with van der Waals surface area (Å²) in [5.41, 5.74) is -1.24. The second kappa shape index (κ2) is 23.7. The van der Waals surface area contributed by atoms with E-state index in [1.54, 1.807) is 0 Å². The Hall–Kier alpha value is -0.910. The molecular formula is C38H63ClO30. The monoisotopic (exact) mass is 1030 g/mol. The highest BCUT2D eigenvalue weighted by atomic mass is 35.5. The highest BCUT2D eigenvalue weighted by Crippen LogP contribution is 2.38. The van der Waals surface area contributed by atoms with Gasteiger partial charge in [0.25, 0.3) is 0 Å². The Morgan fingerprint density at radius 3 is 0.696 bits per heavy atom. The molecule has 0 radical (unpaired) electrons. The van der Waals surface area contributed by atoms with Crippen molar-refractivity contribution in [3.63, 3.8) is 0 Å². The molecule has 22 heterocycles. The maximum Gasteiger partial charge on any atom is 0.187 e. The van der Waals surface area contributed by atoms with Gasteiger partial charge in [0.1, 0.15) is 152 Å². The molecule has 0 amide bonds. The number of hydrogen-bond acceptors (Lipinski definition) is 30. The molecule has 0 aliphatic carbocycles. The third-order valence-electron chi connectivity index (χ3n) is 13.0. The van der Waals surface area contributed by atoms with Gasteiger partial charge in [-0.3, -0.25) is 0 Å². The molecular weight excluding hydrogens is 972 g/mol. The summed E-state index contributed by atoms with van der Waals surface area (Å²) >= 11 is 6.17. The number of aliphatic hydroxyl groups is 17. The van der Waals surface area contributed by atoms with Crippen LogP contribution < -0.4 is 0 Å². The average Bonchev–Trinajstić information content (AvgIpc) is 3.33. The first-order valence-electron chi connectivity index (χ1n) is 22.1. The molecule has 402 valence electrons. The Morgan fingerprint density at radius 2 is 0.493 bits per heavy atom. The SMILES string of the molecule is CC(Cl)O[C@@H]1[C@@H](O)[C@H]2O[C@H]3[C@H](O)[C@@H](O)[C@@H](O[C@H]4[C@H](O)[C@@H](O)[C@@H](O[C@H]5[C@H](O)[C@@H](O)[C@@H](O[C@H]6[C@H](O)[C@@H](O)[C@@H](O[C@H]7[C@H](O)[C@@H](O)[C@@H](O[C@H]1[C@@H](CO)O2)O[C@@H]7CO)O[C@@H]6CO)O[C@@H]5CO)O[C@@H]4CO)O[C@@H]3CO. The van der Waals surface area contributed by atoms with Crippen molar-refractivity contribution in [2.45, 2.75) is 197 Å². The summed E-state index contributed by atoms with van der Waals surface area (Å²) in [4.78, 5) is 0. The van der Waals surface area contributed by atoms with Crippen LogP contribution in [0.2, 0.25) is 0 Å². The first-order valence-corrected chi connectivity index (χ1v) is 22.5. The Balaban J connectivity index is 1.21. The molecule has 22 saturated heterocycles. The zero-order chi connectivity index (χ0) is 50.3. The molecule has 22 aliphatic heterocycles. The molecule has 31 atom stereocenters. The van der Waals surface area contributed by atoms with Gasteiger partial charge in [-0.15, -0.1) is 0 Å². The van der Waals surface area contributed by atoms with Crippen molar-refractivity contribution in [1.82, 2.24) is 0 Å². The minimum Gasteiger partial charge on any atom is -0.394 e. The zero-order valence-electron chi connectivity index (χ0n) is 36.4. The lowest BCUT2D eigenvalue weighted by molar-refractivity contribution is -0.405. The van der Waals surface area contributed by atoms with Gasteiger partial charge in [-0.2, -0.15) is 0 Å². The second-order valence-electron chi connectivity index (χ2n) is 17.5. The molecule has 12 bridgehead atoms. The van der Waals surface area contributed by atoms with Crippen LogP contribution in [0.25, 0.3) is 0 Å². The molecule has 22 fully saturated rings. The molecule has 17 N–H and O–H groups in total. The molecule has 69 heavy (non-hydrogen) atoms. The Labute approximate surface area is 395 Å². The minimum absolute atomic E-state index is 0.958. The summed E-state index contributed by atoms with van der Waals surface area (Å²) in [6.45, 7) is -4.60. The number of halogens is 1. The van der Waals surface area contributed by atoms with Crippen molar-refractivity contribution in [3.8, 4) is 0 Å². The highest BCUT2D eigenvalue weighted by molar-refractivity contribution is 6.19. The van der Waals surface area contributed by atoms with Crippen molar-refractivity contribution in [2.24, 2.45) is 0 Å². The van der Waals surface area contributed by atoms with Gasteiger partial charge >= 0.3 is 0 Å². The summed E-state index contributed by atoms with van der Waals surface area (Å²) < 4.78 is 74.7. The summed E-state index contributed by atoms with van der Waals surface area (Å²) in [7, 11) is 0. The van der Waals surface area contributed by atoms with Crippen molar-refractivity contribution in [1.29, 1.82) is 0 Å². The van der Waals surface area contributed by atoms with E-state index in [1.165, 1.54) is 6.92 Å². The fourth-order valence-corrected chi connectivity index (χ4v) is 9.40. The third kappa shape index (κ3) is 11.2. The number of aliphatic hydroxyl groups excluding tert-OH is 17. The van der Waals surface area contributed by atoms with Gasteiger partial charge < -0.3 is 148 Å². The van der Waals surface area contributed by atoms with E-state index in [0.29, 0.717) is 0 Å². The van der Waals surface area contributed by atoms with E-state index in [1.807, 2.05) is 0 Å². The molecule has 22 aliphatic rings. The molecule has 0 aromatic carbocycles. The van der Waals surface area contributed by atoms with E-state index < -0.39 is 229 Å². The predicted molar refractivity (Wildman–Crippen MR) is 210 cm³/mol. The van der Waals surface area contributed by atoms with Crippen molar-refractivity contribution in [2.75, 3.05) is 39.6 Å². The lowest BCUT2D eigenvalue weighted by Crippen LogP contribution is -2.69. The van der Waals surface area contributed by atoms with Gasteiger partial charge in [0.15, 0.2) is 37.7 Å². The highest BCUT2D eigenvalue weighted by Gasteiger charge is 2.59. The minimum atomic E-state index is -2.15. The third-order valence-corrected chi connectivity index (χ3v) is 13.1. The van der Waals surface area contributed by atoms with Crippen LogP contribution in [0, 0.1) is 0 Å². The lowest BCUT2D eigenvalue weighted by atomic mass is 9.94.